The maximum Gasteiger partial charge on any atom is 0.195 e. The van der Waals surface area contributed by atoms with Gasteiger partial charge < -0.3 is 15.4 Å². The number of fused-ring (bicyclic) bond motifs is 1. The Balaban J connectivity index is 1.99. The molecule has 1 aliphatic heterocycles. The highest BCUT2D eigenvalue weighted by atomic mass is 32.1. The lowest BCUT2D eigenvalue weighted by Crippen LogP contribution is -2.46. The summed E-state index contributed by atoms with van der Waals surface area (Å²) in [5, 5.41) is 2.07. The lowest BCUT2D eigenvalue weighted by Gasteiger charge is -2.36. The highest BCUT2D eigenvalue weighted by Gasteiger charge is 2.27. The average molecular weight is 294 g/mol. The third-order valence-corrected chi connectivity index (χ3v) is 4.33. The van der Waals surface area contributed by atoms with Gasteiger partial charge in [0.1, 0.15) is 0 Å². The minimum absolute atomic E-state index is 0.129. The molecule has 3 unspecified atom stereocenters. The summed E-state index contributed by atoms with van der Waals surface area (Å²) in [5.74, 6) is 1.08. The number of aromatic nitrogens is 2. The van der Waals surface area contributed by atoms with E-state index in [1.54, 1.807) is 11.3 Å². The second-order valence-electron chi connectivity index (χ2n) is 5.78. The van der Waals surface area contributed by atoms with Crippen LogP contribution in [0.1, 0.15) is 26.5 Å². The van der Waals surface area contributed by atoms with Gasteiger partial charge in [0.25, 0.3) is 0 Å². The molecular weight excluding hydrogens is 272 g/mol. The smallest absolute Gasteiger partial charge is 0.195 e. The first kappa shape index (κ1) is 13.9. The van der Waals surface area contributed by atoms with Gasteiger partial charge in [-0.3, -0.25) is 4.40 Å². The molecule has 3 heterocycles. The highest BCUT2D eigenvalue weighted by molar-refractivity contribution is 7.15. The van der Waals surface area contributed by atoms with E-state index in [0.29, 0.717) is 0 Å². The normalized spacial score (nSPS) is 25.3. The van der Waals surface area contributed by atoms with Gasteiger partial charge in [0.05, 0.1) is 17.9 Å². The Kier molecular flexibility index (Phi) is 3.70. The molecule has 2 aromatic heterocycles. The number of nitrogens with two attached hydrogens (primary N) is 1. The Morgan fingerprint density at radius 1 is 1.45 bits per heavy atom. The summed E-state index contributed by atoms with van der Waals surface area (Å²) < 4.78 is 7.99. The van der Waals surface area contributed by atoms with Crippen molar-refractivity contribution in [3.63, 3.8) is 0 Å². The molecule has 110 valence electrons. The van der Waals surface area contributed by atoms with E-state index in [1.807, 2.05) is 6.92 Å². The van der Waals surface area contributed by atoms with Crippen molar-refractivity contribution >= 4 is 22.1 Å². The van der Waals surface area contributed by atoms with Gasteiger partial charge in [0, 0.05) is 37.1 Å². The summed E-state index contributed by atoms with van der Waals surface area (Å²) in [6, 6.07) is 0.129. The van der Waals surface area contributed by atoms with Gasteiger partial charge >= 0.3 is 0 Å². The molecule has 0 aliphatic carbocycles. The Morgan fingerprint density at radius 2 is 2.15 bits per heavy atom. The zero-order chi connectivity index (χ0) is 14.3. The third-order valence-electron chi connectivity index (χ3n) is 3.57. The fourth-order valence-electron chi connectivity index (χ4n) is 2.92. The second-order valence-corrected chi connectivity index (χ2v) is 6.65. The van der Waals surface area contributed by atoms with Crippen LogP contribution in [0, 0.1) is 0 Å². The molecular formula is C14H22N4OS. The SMILES string of the molecule is CC(N)Cc1c(N2CC(C)OC(C)C2)nc2sccn12. The molecule has 3 atom stereocenters. The minimum atomic E-state index is 0.129. The third kappa shape index (κ3) is 2.55. The first-order valence-electron chi connectivity index (χ1n) is 7.15. The summed E-state index contributed by atoms with van der Waals surface area (Å²) in [4.78, 5) is 8.20. The lowest BCUT2D eigenvalue weighted by atomic mass is 10.1. The molecule has 1 aliphatic rings. The van der Waals surface area contributed by atoms with Crippen LogP contribution in [0.25, 0.3) is 4.96 Å². The van der Waals surface area contributed by atoms with Crippen LogP contribution in [0.4, 0.5) is 5.82 Å². The molecule has 0 spiro atoms. The van der Waals surface area contributed by atoms with Crippen LogP contribution >= 0.6 is 11.3 Å². The lowest BCUT2D eigenvalue weighted by molar-refractivity contribution is -0.00548. The van der Waals surface area contributed by atoms with E-state index in [2.05, 4.69) is 34.7 Å². The van der Waals surface area contributed by atoms with E-state index in [9.17, 15) is 0 Å². The van der Waals surface area contributed by atoms with Gasteiger partial charge in [0.15, 0.2) is 10.8 Å². The van der Waals surface area contributed by atoms with Crippen LogP contribution < -0.4 is 10.6 Å². The molecule has 2 aromatic rings. The van der Waals surface area contributed by atoms with Crippen molar-refractivity contribution in [1.29, 1.82) is 0 Å². The van der Waals surface area contributed by atoms with Crippen LogP contribution in [-0.4, -0.2) is 40.7 Å². The van der Waals surface area contributed by atoms with Crippen molar-refractivity contribution < 1.29 is 4.74 Å². The highest BCUT2D eigenvalue weighted by Crippen LogP contribution is 2.28. The molecule has 0 bridgehead atoms. The molecule has 5 nitrogen and oxygen atoms in total. The summed E-state index contributed by atoms with van der Waals surface area (Å²) >= 11 is 1.67. The molecule has 0 radical (unpaired) electrons. The van der Waals surface area contributed by atoms with E-state index >= 15 is 0 Å². The summed E-state index contributed by atoms with van der Waals surface area (Å²) in [5.41, 5.74) is 7.24. The van der Waals surface area contributed by atoms with Gasteiger partial charge in [-0.1, -0.05) is 0 Å². The molecule has 2 N–H and O–H groups in total. The molecule has 0 saturated carbocycles. The van der Waals surface area contributed by atoms with Crippen LogP contribution in [0.3, 0.4) is 0 Å². The minimum Gasteiger partial charge on any atom is -0.372 e. The summed E-state index contributed by atoms with van der Waals surface area (Å²) in [7, 11) is 0. The predicted octanol–water partition coefficient (Wildman–Crippen LogP) is 1.90. The number of hydrogen-bond donors (Lipinski definition) is 1. The van der Waals surface area contributed by atoms with Crippen LogP contribution in [-0.2, 0) is 11.2 Å². The topological polar surface area (TPSA) is 55.8 Å². The molecule has 0 aromatic carbocycles. The number of imidazole rings is 1. The van der Waals surface area contributed by atoms with E-state index < -0.39 is 0 Å². The van der Waals surface area contributed by atoms with Crippen molar-refractivity contribution in [2.45, 2.75) is 45.4 Å². The largest absolute Gasteiger partial charge is 0.372 e. The molecule has 6 heteroatoms. The Labute approximate surface area is 123 Å². The fourth-order valence-corrected chi connectivity index (χ4v) is 3.65. The van der Waals surface area contributed by atoms with Crippen molar-refractivity contribution in [3.05, 3.63) is 17.3 Å². The van der Waals surface area contributed by atoms with Crippen LogP contribution in [0.15, 0.2) is 11.6 Å². The number of ether oxygens (including phenoxy) is 1. The zero-order valence-corrected chi connectivity index (χ0v) is 13.1. The molecule has 1 fully saturated rings. The first-order chi connectivity index (χ1) is 9.54. The van der Waals surface area contributed by atoms with Crippen molar-refractivity contribution in [3.8, 4) is 0 Å². The van der Waals surface area contributed by atoms with E-state index in [-0.39, 0.29) is 18.2 Å². The first-order valence-corrected chi connectivity index (χ1v) is 8.03. The van der Waals surface area contributed by atoms with E-state index in [4.69, 9.17) is 15.5 Å². The molecule has 0 amide bonds. The van der Waals surface area contributed by atoms with E-state index in [0.717, 1.165) is 30.3 Å². The van der Waals surface area contributed by atoms with Gasteiger partial charge in [0.2, 0.25) is 0 Å². The Bertz CT molecular complexity index is 581. The fraction of sp³-hybridized carbons (Fsp3) is 0.643. The second kappa shape index (κ2) is 5.35. The number of thiazole rings is 1. The maximum absolute atomic E-state index is 6.02. The molecule has 1 saturated heterocycles. The number of rotatable bonds is 3. The standard InChI is InChI=1S/C14H22N4OS/c1-9(15)6-12-13(16-14-18(12)4-5-20-14)17-7-10(2)19-11(3)8-17/h4-5,9-11H,6-8,15H2,1-3H3. The number of anilines is 1. The van der Waals surface area contributed by atoms with Crippen molar-refractivity contribution in [2.75, 3.05) is 18.0 Å². The number of hydrogen-bond acceptors (Lipinski definition) is 5. The van der Waals surface area contributed by atoms with Gasteiger partial charge in [-0.15, -0.1) is 11.3 Å². The van der Waals surface area contributed by atoms with Crippen molar-refractivity contribution in [1.82, 2.24) is 9.38 Å². The molecule has 20 heavy (non-hydrogen) atoms. The summed E-state index contributed by atoms with van der Waals surface area (Å²) in [6.07, 6.45) is 3.40. The quantitative estimate of drug-likeness (QED) is 0.939. The number of morpholine rings is 1. The van der Waals surface area contributed by atoms with Gasteiger partial charge in [-0.2, -0.15) is 0 Å². The van der Waals surface area contributed by atoms with Crippen LogP contribution in [0.5, 0.6) is 0 Å². The van der Waals surface area contributed by atoms with Crippen LogP contribution in [0.2, 0.25) is 0 Å². The van der Waals surface area contributed by atoms with Gasteiger partial charge in [-0.25, -0.2) is 4.98 Å². The monoisotopic (exact) mass is 294 g/mol. The maximum atomic E-state index is 6.02. The predicted molar refractivity (Wildman–Crippen MR) is 82.6 cm³/mol. The number of nitrogens with zero attached hydrogens (tertiary/aromatic N) is 3. The van der Waals surface area contributed by atoms with Crippen molar-refractivity contribution in [2.24, 2.45) is 5.73 Å². The average Bonchev–Trinajstić information content (AvgIpc) is 2.90. The zero-order valence-electron chi connectivity index (χ0n) is 12.2. The Hall–Kier alpha value is -1.11. The van der Waals surface area contributed by atoms with E-state index in [1.165, 1.54) is 5.69 Å². The molecule has 3 rings (SSSR count). The Morgan fingerprint density at radius 3 is 2.80 bits per heavy atom. The summed E-state index contributed by atoms with van der Waals surface area (Å²) in [6.45, 7) is 8.06. The van der Waals surface area contributed by atoms with Gasteiger partial charge in [-0.05, 0) is 20.8 Å².